The molecule has 2 atom stereocenters. The third kappa shape index (κ3) is 3.33. The molecular formula is C17H28N2O. The molecule has 1 aliphatic rings. The summed E-state index contributed by atoms with van der Waals surface area (Å²) in [6, 6.07) is 8.37. The second-order valence-electron chi connectivity index (χ2n) is 6.23. The third-order valence-electron chi connectivity index (χ3n) is 4.81. The van der Waals surface area contributed by atoms with E-state index in [0.717, 1.165) is 18.1 Å². The minimum atomic E-state index is 0.0680. The first-order valence-corrected chi connectivity index (χ1v) is 7.69. The molecule has 2 unspecified atom stereocenters. The predicted molar refractivity (Wildman–Crippen MR) is 84.1 cm³/mol. The Balaban J connectivity index is 2.06. The molecule has 20 heavy (non-hydrogen) atoms. The summed E-state index contributed by atoms with van der Waals surface area (Å²) >= 11 is 0. The lowest BCUT2D eigenvalue weighted by Gasteiger charge is -2.38. The summed E-state index contributed by atoms with van der Waals surface area (Å²) in [5, 5.41) is 0. The van der Waals surface area contributed by atoms with E-state index < -0.39 is 0 Å². The molecule has 0 aliphatic carbocycles. The van der Waals surface area contributed by atoms with Crippen LogP contribution >= 0.6 is 0 Å². The largest absolute Gasteiger partial charge is 0.497 e. The zero-order chi connectivity index (χ0) is 14.6. The molecule has 3 nitrogen and oxygen atoms in total. The Bertz CT molecular complexity index is 418. The molecule has 112 valence electrons. The van der Waals surface area contributed by atoms with Crippen LogP contribution in [0.4, 0.5) is 0 Å². The fourth-order valence-corrected chi connectivity index (χ4v) is 3.15. The topological polar surface area (TPSA) is 38.5 Å². The van der Waals surface area contributed by atoms with Crippen molar-refractivity contribution in [3.05, 3.63) is 29.8 Å². The van der Waals surface area contributed by atoms with Crippen LogP contribution in [0.15, 0.2) is 24.3 Å². The number of benzene rings is 1. The first kappa shape index (κ1) is 15.3. The number of hydrogen-bond donors (Lipinski definition) is 1. The van der Waals surface area contributed by atoms with Crippen molar-refractivity contribution >= 4 is 0 Å². The van der Waals surface area contributed by atoms with Gasteiger partial charge in [0.05, 0.1) is 7.11 Å². The van der Waals surface area contributed by atoms with Crippen LogP contribution in [-0.4, -0.2) is 37.2 Å². The van der Waals surface area contributed by atoms with Crippen molar-refractivity contribution in [2.45, 2.75) is 38.6 Å². The van der Waals surface area contributed by atoms with Crippen molar-refractivity contribution in [3.8, 4) is 5.75 Å². The average molecular weight is 276 g/mol. The van der Waals surface area contributed by atoms with E-state index in [0.29, 0.717) is 6.54 Å². The summed E-state index contributed by atoms with van der Waals surface area (Å²) in [5.74, 6) is 1.76. The van der Waals surface area contributed by atoms with Crippen LogP contribution in [0.1, 0.15) is 32.3 Å². The maximum atomic E-state index is 6.11. The van der Waals surface area contributed by atoms with Gasteiger partial charge in [-0.15, -0.1) is 0 Å². The van der Waals surface area contributed by atoms with E-state index in [2.05, 4.69) is 30.9 Å². The smallest absolute Gasteiger partial charge is 0.118 e. The van der Waals surface area contributed by atoms with Crippen molar-refractivity contribution in [1.29, 1.82) is 0 Å². The average Bonchev–Trinajstić information content (AvgIpc) is 2.97. The minimum absolute atomic E-state index is 0.0680. The van der Waals surface area contributed by atoms with Gasteiger partial charge in [0.15, 0.2) is 0 Å². The van der Waals surface area contributed by atoms with Crippen molar-refractivity contribution in [3.63, 3.8) is 0 Å². The van der Waals surface area contributed by atoms with E-state index in [4.69, 9.17) is 10.5 Å². The van der Waals surface area contributed by atoms with Crippen LogP contribution in [0.25, 0.3) is 0 Å². The van der Waals surface area contributed by atoms with Crippen molar-refractivity contribution < 1.29 is 4.74 Å². The van der Waals surface area contributed by atoms with E-state index in [9.17, 15) is 0 Å². The number of hydrogen-bond acceptors (Lipinski definition) is 3. The molecule has 1 aliphatic heterocycles. The van der Waals surface area contributed by atoms with E-state index >= 15 is 0 Å². The Morgan fingerprint density at radius 3 is 2.55 bits per heavy atom. The highest BCUT2D eigenvalue weighted by molar-refractivity contribution is 5.28. The summed E-state index contributed by atoms with van der Waals surface area (Å²) in [4.78, 5) is 2.59. The van der Waals surface area contributed by atoms with E-state index in [1.807, 2.05) is 12.1 Å². The molecule has 1 heterocycles. The Labute approximate surface area is 123 Å². The SMILES string of the molecule is CCC1CCN(C(C)(CN)Cc2ccc(OC)cc2)C1. The van der Waals surface area contributed by atoms with Crippen molar-refractivity contribution in [2.24, 2.45) is 11.7 Å². The van der Waals surface area contributed by atoms with Gasteiger partial charge < -0.3 is 10.5 Å². The van der Waals surface area contributed by atoms with Crippen LogP contribution in [-0.2, 0) is 6.42 Å². The maximum absolute atomic E-state index is 6.11. The lowest BCUT2D eigenvalue weighted by atomic mass is 9.91. The Morgan fingerprint density at radius 1 is 1.35 bits per heavy atom. The molecule has 0 spiro atoms. The Hall–Kier alpha value is -1.06. The molecule has 0 amide bonds. The van der Waals surface area contributed by atoms with E-state index in [-0.39, 0.29) is 5.54 Å². The molecule has 1 aromatic rings. The van der Waals surface area contributed by atoms with Gasteiger partial charge in [-0.05, 0) is 49.9 Å². The predicted octanol–water partition coefficient (Wildman–Crippen LogP) is 2.69. The fraction of sp³-hybridized carbons (Fsp3) is 0.647. The summed E-state index contributed by atoms with van der Waals surface area (Å²) in [6.45, 7) is 7.67. The van der Waals surface area contributed by atoms with Crippen molar-refractivity contribution in [2.75, 3.05) is 26.7 Å². The van der Waals surface area contributed by atoms with Crippen LogP contribution in [0.3, 0.4) is 0 Å². The van der Waals surface area contributed by atoms with Gasteiger partial charge in [0.1, 0.15) is 5.75 Å². The number of ether oxygens (including phenoxy) is 1. The Morgan fingerprint density at radius 2 is 2.05 bits per heavy atom. The standard InChI is InChI=1S/C17H28N2O/c1-4-14-9-10-19(12-14)17(2,13-18)11-15-5-7-16(20-3)8-6-15/h5-8,14H,4,9-13,18H2,1-3H3. The number of nitrogens with two attached hydrogens (primary N) is 1. The second-order valence-corrected chi connectivity index (χ2v) is 6.23. The normalized spacial score (nSPS) is 22.7. The molecule has 0 bridgehead atoms. The van der Waals surface area contributed by atoms with Crippen LogP contribution in [0, 0.1) is 5.92 Å². The molecule has 0 radical (unpaired) electrons. The summed E-state index contributed by atoms with van der Waals surface area (Å²) in [5.41, 5.74) is 7.51. The monoisotopic (exact) mass is 276 g/mol. The van der Waals surface area contributed by atoms with E-state index in [1.54, 1.807) is 7.11 Å². The third-order valence-corrected chi connectivity index (χ3v) is 4.81. The minimum Gasteiger partial charge on any atom is -0.497 e. The molecule has 1 saturated heterocycles. The summed E-state index contributed by atoms with van der Waals surface area (Å²) < 4.78 is 5.22. The highest BCUT2D eigenvalue weighted by Crippen LogP contribution is 2.29. The van der Waals surface area contributed by atoms with Crippen LogP contribution in [0.5, 0.6) is 5.75 Å². The molecule has 0 saturated carbocycles. The highest BCUT2D eigenvalue weighted by Gasteiger charge is 2.35. The molecule has 1 aromatic carbocycles. The lowest BCUT2D eigenvalue weighted by Crippen LogP contribution is -2.52. The molecular weight excluding hydrogens is 248 g/mol. The zero-order valence-electron chi connectivity index (χ0n) is 13.1. The van der Waals surface area contributed by atoms with Gasteiger partial charge in [-0.2, -0.15) is 0 Å². The number of likely N-dealkylation sites (tertiary alicyclic amines) is 1. The molecule has 2 rings (SSSR count). The van der Waals surface area contributed by atoms with E-state index in [1.165, 1.54) is 31.5 Å². The number of methoxy groups -OCH3 is 1. The van der Waals surface area contributed by atoms with Gasteiger partial charge >= 0.3 is 0 Å². The van der Waals surface area contributed by atoms with Gasteiger partial charge in [-0.1, -0.05) is 25.5 Å². The van der Waals surface area contributed by atoms with Crippen LogP contribution in [0.2, 0.25) is 0 Å². The molecule has 2 N–H and O–H groups in total. The Kier molecular flexibility index (Phi) is 5.06. The number of rotatable bonds is 6. The zero-order valence-corrected chi connectivity index (χ0v) is 13.1. The number of nitrogens with zero attached hydrogens (tertiary/aromatic N) is 1. The summed E-state index contributed by atoms with van der Waals surface area (Å²) in [7, 11) is 1.70. The first-order chi connectivity index (χ1) is 9.61. The highest BCUT2D eigenvalue weighted by atomic mass is 16.5. The fourth-order valence-electron chi connectivity index (χ4n) is 3.15. The van der Waals surface area contributed by atoms with Crippen molar-refractivity contribution in [1.82, 2.24) is 4.90 Å². The van der Waals surface area contributed by atoms with Gasteiger partial charge in [0.2, 0.25) is 0 Å². The lowest BCUT2D eigenvalue weighted by molar-refractivity contribution is 0.137. The molecule has 0 aromatic heterocycles. The maximum Gasteiger partial charge on any atom is 0.118 e. The van der Waals surface area contributed by atoms with Gasteiger partial charge in [0.25, 0.3) is 0 Å². The van der Waals surface area contributed by atoms with Gasteiger partial charge in [-0.3, -0.25) is 4.90 Å². The first-order valence-electron chi connectivity index (χ1n) is 7.69. The van der Waals surface area contributed by atoms with Crippen LogP contribution < -0.4 is 10.5 Å². The molecule has 3 heteroatoms. The van der Waals surface area contributed by atoms with Gasteiger partial charge in [-0.25, -0.2) is 0 Å². The quantitative estimate of drug-likeness (QED) is 0.868. The summed E-state index contributed by atoms with van der Waals surface area (Å²) in [6.07, 6.45) is 3.60. The van der Waals surface area contributed by atoms with Gasteiger partial charge in [0, 0.05) is 18.6 Å². The second kappa shape index (κ2) is 6.59. The molecule has 1 fully saturated rings.